The van der Waals surface area contributed by atoms with E-state index in [0.29, 0.717) is 6.54 Å². The summed E-state index contributed by atoms with van der Waals surface area (Å²) in [5.74, 6) is 0. The SMILES string of the molecule is Cc1ccc(C)c(NC(=S)N(CCc2c(C)[nH]c3ccc(C)cc23)Cc2ccccn2)c1. The minimum atomic E-state index is 0.665. The molecule has 2 aromatic carbocycles. The lowest BCUT2D eigenvalue weighted by molar-refractivity contribution is 0.417. The van der Waals surface area contributed by atoms with Crippen LogP contribution in [0.4, 0.5) is 5.69 Å². The number of thiocarbonyl (C=S) groups is 1. The van der Waals surface area contributed by atoms with Crippen LogP contribution in [0.25, 0.3) is 10.9 Å². The molecule has 0 spiro atoms. The van der Waals surface area contributed by atoms with Gasteiger partial charge >= 0.3 is 0 Å². The Bertz CT molecular complexity index is 1240. The standard InChI is InChI=1S/C27H30N4S/c1-18-9-11-25-24(15-18)23(21(4)29-25)12-14-31(17-22-7-5-6-13-28-22)27(32)30-26-16-19(2)8-10-20(26)3/h5-11,13,15-16,29H,12,14,17H2,1-4H3,(H,30,32). The third-order valence-electron chi connectivity index (χ3n) is 5.91. The maximum atomic E-state index is 5.88. The number of nitrogens with zero attached hydrogens (tertiary/aromatic N) is 2. The van der Waals surface area contributed by atoms with Crippen LogP contribution >= 0.6 is 12.2 Å². The highest BCUT2D eigenvalue weighted by Crippen LogP contribution is 2.24. The Labute approximate surface area is 195 Å². The number of rotatable bonds is 6. The third kappa shape index (κ3) is 5.00. The van der Waals surface area contributed by atoms with Crippen LogP contribution in [-0.2, 0) is 13.0 Å². The van der Waals surface area contributed by atoms with E-state index in [9.17, 15) is 0 Å². The van der Waals surface area contributed by atoms with Gasteiger partial charge in [-0.25, -0.2) is 0 Å². The van der Waals surface area contributed by atoms with E-state index in [4.69, 9.17) is 12.2 Å². The van der Waals surface area contributed by atoms with Crippen molar-refractivity contribution in [2.75, 3.05) is 11.9 Å². The van der Waals surface area contributed by atoms with Gasteiger partial charge in [-0.3, -0.25) is 4.98 Å². The van der Waals surface area contributed by atoms with Crippen LogP contribution in [0.3, 0.4) is 0 Å². The van der Waals surface area contributed by atoms with E-state index >= 15 is 0 Å². The van der Waals surface area contributed by atoms with Gasteiger partial charge in [0.2, 0.25) is 0 Å². The molecular weight excluding hydrogens is 412 g/mol. The van der Waals surface area contributed by atoms with Crippen molar-refractivity contribution in [3.8, 4) is 0 Å². The molecule has 0 atom stereocenters. The number of aryl methyl sites for hydroxylation is 4. The van der Waals surface area contributed by atoms with Crippen molar-refractivity contribution in [1.82, 2.24) is 14.9 Å². The van der Waals surface area contributed by atoms with Crippen LogP contribution in [0.1, 0.15) is 33.6 Å². The van der Waals surface area contributed by atoms with Crippen LogP contribution in [-0.4, -0.2) is 26.5 Å². The Kier molecular flexibility index (Phi) is 6.56. The number of pyridine rings is 1. The number of H-pyrrole nitrogens is 1. The summed E-state index contributed by atoms with van der Waals surface area (Å²) in [4.78, 5) is 10.3. The van der Waals surface area contributed by atoms with E-state index in [1.165, 1.54) is 38.9 Å². The molecule has 0 amide bonds. The molecule has 0 aliphatic carbocycles. The second kappa shape index (κ2) is 9.53. The predicted octanol–water partition coefficient (Wildman–Crippen LogP) is 6.24. The number of aromatic nitrogens is 2. The van der Waals surface area contributed by atoms with Crippen molar-refractivity contribution in [2.24, 2.45) is 0 Å². The quantitative estimate of drug-likeness (QED) is 0.347. The second-order valence-electron chi connectivity index (χ2n) is 8.52. The minimum absolute atomic E-state index is 0.665. The summed E-state index contributed by atoms with van der Waals surface area (Å²) in [7, 11) is 0. The van der Waals surface area contributed by atoms with Gasteiger partial charge in [0.05, 0.1) is 12.2 Å². The van der Waals surface area contributed by atoms with Crippen molar-refractivity contribution in [1.29, 1.82) is 0 Å². The lowest BCUT2D eigenvalue weighted by atomic mass is 10.1. The van der Waals surface area contributed by atoms with Crippen LogP contribution in [0.5, 0.6) is 0 Å². The topological polar surface area (TPSA) is 44.0 Å². The summed E-state index contributed by atoms with van der Waals surface area (Å²) in [5, 5.41) is 5.50. The Morgan fingerprint density at radius 2 is 1.78 bits per heavy atom. The lowest BCUT2D eigenvalue weighted by Gasteiger charge is -2.26. The molecule has 2 aromatic heterocycles. The Morgan fingerprint density at radius 3 is 2.56 bits per heavy atom. The molecule has 0 saturated heterocycles. The second-order valence-corrected chi connectivity index (χ2v) is 8.91. The van der Waals surface area contributed by atoms with Gasteiger partial charge in [0.15, 0.2) is 5.11 Å². The molecule has 2 N–H and O–H groups in total. The molecule has 0 bridgehead atoms. The van der Waals surface area contributed by atoms with Crippen LogP contribution in [0.15, 0.2) is 60.8 Å². The normalized spacial score (nSPS) is 11.0. The van der Waals surface area contributed by atoms with E-state index in [2.05, 4.69) is 84.3 Å². The molecule has 0 unspecified atom stereocenters. The first kappa shape index (κ1) is 22.0. The Morgan fingerprint density at radius 1 is 1.00 bits per heavy atom. The third-order valence-corrected chi connectivity index (χ3v) is 6.27. The molecule has 2 heterocycles. The molecule has 5 heteroatoms. The van der Waals surface area contributed by atoms with Crippen molar-refractivity contribution in [3.05, 3.63) is 94.4 Å². The molecule has 0 radical (unpaired) electrons. The van der Waals surface area contributed by atoms with Gasteiger partial charge in [-0.1, -0.05) is 29.8 Å². The van der Waals surface area contributed by atoms with Gasteiger partial charge in [0, 0.05) is 35.0 Å². The number of hydrogen-bond acceptors (Lipinski definition) is 2. The zero-order valence-electron chi connectivity index (χ0n) is 19.2. The van der Waals surface area contributed by atoms with E-state index in [0.717, 1.165) is 29.5 Å². The molecule has 0 fully saturated rings. The molecule has 4 nitrogen and oxygen atoms in total. The smallest absolute Gasteiger partial charge is 0.173 e. The van der Waals surface area contributed by atoms with Gasteiger partial charge in [-0.15, -0.1) is 0 Å². The Balaban J connectivity index is 1.58. The monoisotopic (exact) mass is 442 g/mol. The molecule has 0 aliphatic heterocycles. The van der Waals surface area contributed by atoms with E-state index in [1.807, 2.05) is 24.4 Å². The largest absolute Gasteiger partial charge is 0.358 e. The first-order chi connectivity index (χ1) is 15.4. The number of hydrogen-bond donors (Lipinski definition) is 2. The summed E-state index contributed by atoms with van der Waals surface area (Å²) in [5.41, 5.74) is 9.48. The Hall–Kier alpha value is -3.18. The highest BCUT2D eigenvalue weighted by Gasteiger charge is 2.15. The predicted molar refractivity (Wildman–Crippen MR) is 138 cm³/mol. The first-order valence-electron chi connectivity index (χ1n) is 11.0. The zero-order valence-corrected chi connectivity index (χ0v) is 20.0. The fraction of sp³-hybridized carbons (Fsp3) is 0.259. The minimum Gasteiger partial charge on any atom is -0.358 e. The van der Waals surface area contributed by atoms with Gasteiger partial charge < -0.3 is 15.2 Å². The summed E-state index contributed by atoms with van der Waals surface area (Å²) >= 11 is 5.88. The summed E-state index contributed by atoms with van der Waals surface area (Å²) < 4.78 is 0. The molecule has 32 heavy (non-hydrogen) atoms. The number of aromatic amines is 1. The van der Waals surface area contributed by atoms with Crippen molar-refractivity contribution in [2.45, 2.75) is 40.7 Å². The highest BCUT2D eigenvalue weighted by atomic mass is 32.1. The summed E-state index contributed by atoms with van der Waals surface area (Å²) in [6, 6.07) is 19.0. The average molecular weight is 443 g/mol. The zero-order chi connectivity index (χ0) is 22.7. The molecule has 0 saturated carbocycles. The van der Waals surface area contributed by atoms with Gasteiger partial charge in [0.25, 0.3) is 0 Å². The maximum Gasteiger partial charge on any atom is 0.173 e. The highest BCUT2D eigenvalue weighted by molar-refractivity contribution is 7.80. The average Bonchev–Trinajstić information content (AvgIpc) is 3.08. The number of nitrogens with one attached hydrogen (secondary N) is 2. The fourth-order valence-corrected chi connectivity index (χ4v) is 4.34. The molecule has 4 rings (SSSR count). The number of anilines is 1. The van der Waals surface area contributed by atoms with Gasteiger partial charge in [-0.05, 0) is 93.4 Å². The van der Waals surface area contributed by atoms with Crippen LogP contribution < -0.4 is 5.32 Å². The maximum absolute atomic E-state index is 5.88. The molecular formula is C27H30N4S. The number of benzene rings is 2. The van der Waals surface area contributed by atoms with E-state index in [-0.39, 0.29) is 0 Å². The molecule has 4 aromatic rings. The van der Waals surface area contributed by atoms with E-state index < -0.39 is 0 Å². The summed E-state index contributed by atoms with van der Waals surface area (Å²) in [6.07, 6.45) is 2.73. The summed E-state index contributed by atoms with van der Waals surface area (Å²) in [6.45, 7) is 9.96. The molecule has 0 aliphatic rings. The fourth-order valence-electron chi connectivity index (χ4n) is 4.07. The van der Waals surface area contributed by atoms with Crippen molar-refractivity contribution in [3.63, 3.8) is 0 Å². The van der Waals surface area contributed by atoms with Crippen LogP contribution in [0, 0.1) is 27.7 Å². The first-order valence-corrected chi connectivity index (χ1v) is 11.4. The van der Waals surface area contributed by atoms with Crippen LogP contribution in [0.2, 0.25) is 0 Å². The molecule has 164 valence electrons. The van der Waals surface area contributed by atoms with Crippen molar-refractivity contribution >= 4 is 33.9 Å². The lowest BCUT2D eigenvalue weighted by Crippen LogP contribution is -2.36. The van der Waals surface area contributed by atoms with Gasteiger partial charge in [0.1, 0.15) is 0 Å². The van der Waals surface area contributed by atoms with Crippen molar-refractivity contribution < 1.29 is 0 Å². The number of fused-ring (bicyclic) bond motifs is 1. The van der Waals surface area contributed by atoms with E-state index in [1.54, 1.807) is 0 Å². The van der Waals surface area contributed by atoms with Gasteiger partial charge in [-0.2, -0.15) is 0 Å².